The minimum atomic E-state index is 0.602. The van der Waals surface area contributed by atoms with Crippen LogP contribution in [-0.2, 0) is 0 Å². The molecule has 0 spiro atoms. The van der Waals surface area contributed by atoms with E-state index >= 15 is 0 Å². The van der Waals surface area contributed by atoms with Crippen molar-refractivity contribution in [1.29, 1.82) is 0 Å². The van der Waals surface area contributed by atoms with Crippen molar-refractivity contribution in [3.05, 3.63) is 54.6 Å². The molecular weight excluding hydrogens is 388 g/mol. The average molecular weight is 404 g/mol. The zero-order valence-corrected chi connectivity index (χ0v) is 16.5. The molecule has 0 fully saturated rings. The summed E-state index contributed by atoms with van der Waals surface area (Å²) in [7, 11) is 3.25. The van der Waals surface area contributed by atoms with Crippen molar-refractivity contribution < 1.29 is 9.47 Å². The highest BCUT2D eigenvalue weighted by Crippen LogP contribution is 2.36. The maximum atomic E-state index is 5.51. The predicted molar refractivity (Wildman–Crippen MR) is 110 cm³/mol. The van der Waals surface area contributed by atoms with E-state index < -0.39 is 0 Å². The highest BCUT2D eigenvalue weighted by atomic mass is 32.1. The molecule has 1 N–H and O–H groups in total. The topological polar surface area (TPSA) is 90.2 Å². The molecule has 0 bridgehead atoms. The van der Waals surface area contributed by atoms with Crippen LogP contribution in [0.4, 0.5) is 0 Å². The average Bonchev–Trinajstić information content (AvgIpc) is 3.49. The minimum Gasteiger partial charge on any atom is -0.497 e. The quantitative estimate of drug-likeness (QED) is 0.477. The maximum absolute atomic E-state index is 5.51. The minimum absolute atomic E-state index is 0.602. The Morgan fingerprint density at radius 2 is 1.83 bits per heavy atom. The largest absolute Gasteiger partial charge is 0.497 e. The van der Waals surface area contributed by atoms with Crippen LogP contribution in [0, 0.1) is 0 Å². The summed E-state index contributed by atoms with van der Waals surface area (Å²) in [5.74, 6) is 2.01. The summed E-state index contributed by atoms with van der Waals surface area (Å²) >= 11 is 1.44. The lowest BCUT2D eigenvalue weighted by Gasteiger charge is -2.07. The van der Waals surface area contributed by atoms with Crippen LogP contribution in [0.2, 0.25) is 0 Å². The van der Waals surface area contributed by atoms with Crippen molar-refractivity contribution in [2.75, 3.05) is 14.2 Å². The van der Waals surface area contributed by atoms with Gasteiger partial charge in [-0.2, -0.15) is 14.7 Å². The molecule has 8 nitrogen and oxygen atoms in total. The highest BCUT2D eigenvalue weighted by Gasteiger charge is 2.18. The van der Waals surface area contributed by atoms with E-state index in [2.05, 4.69) is 20.4 Å². The Kier molecular flexibility index (Phi) is 4.21. The molecule has 0 atom stereocenters. The summed E-state index contributed by atoms with van der Waals surface area (Å²) < 4.78 is 12.5. The molecule has 144 valence electrons. The number of fused-ring (bicyclic) bond motifs is 1. The van der Waals surface area contributed by atoms with E-state index in [1.807, 2.05) is 54.6 Å². The lowest BCUT2D eigenvalue weighted by Crippen LogP contribution is -1.93. The number of H-pyrrole nitrogens is 1. The standard InChI is InChI=1S/C20H16N6O2S/c1-27-13-8-9-14(17(10-13)28-2)19-25-26-18(23-24-20(26)29-19)16-11-15(21-22-16)12-6-4-3-5-7-12/h3-11H,1-2H3,(H,21,22). The number of ether oxygens (including phenoxy) is 2. The Morgan fingerprint density at radius 1 is 0.966 bits per heavy atom. The van der Waals surface area contributed by atoms with E-state index in [9.17, 15) is 0 Å². The van der Waals surface area contributed by atoms with Crippen molar-refractivity contribution in [2.45, 2.75) is 0 Å². The molecule has 2 aromatic carbocycles. The van der Waals surface area contributed by atoms with Gasteiger partial charge in [-0.1, -0.05) is 41.7 Å². The Balaban J connectivity index is 1.56. The second kappa shape index (κ2) is 7.02. The lowest BCUT2D eigenvalue weighted by atomic mass is 10.1. The molecule has 9 heteroatoms. The predicted octanol–water partition coefficient (Wildman–Crippen LogP) is 3.93. The monoisotopic (exact) mass is 404 g/mol. The molecule has 0 amide bonds. The summed E-state index contributed by atoms with van der Waals surface area (Å²) in [6, 6.07) is 17.5. The molecule has 0 aliphatic rings. The fraction of sp³-hybridized carbons (Fsp3) is 0.100. The van der Waals surface area contributed by atoms with Gasteiger partial charge in [0.15, 0.2) is 5.01 Å². The number of hydrogen-bond donors (Lipinski definition) is 1. The number of nitrogens with zero attached hydrogens (tertiary/aromatic N) is 5. The second-order valence-electron chi connectivity index (χ2n) is 6.22. The maximum Gasteiger partial charge on any atom is 0.235 e. The fourth-order valence-corrected chi connectivity index (χ4v) is 3.93. The van der Waals surface area contributed by atoms with Crippen molar-refractivity contribution in [3.63, 3.8) is 0 Å². The number of hydrogen-bond acceptors (Lipinski definition) is 7. The number of aromatic amines is 1. The van der Waals surface area contributed by atoms with Crippen LogP contribution in [0.5, 0.6) is 11.5 Å². The van der Waals surface area contributed by atoms with Crippen molar-refractivity contribution in [3.8, 4) is 44.8 Å². The lowest BCUT2D eigenvalue weighted by molar-refractivity contribution is 0.395. The molecular formula is C20H16N6O2S. The van der Waals surface area contributed by atoms with Crippen molar-refractivity contribution in [1.82, 2.24) is 30.0 Å². The van der Waals surface area contributed by atoms with Gasteiger partial charge in [-0.15, -0.1) is 10.2 Å². The Labute approximate surface area is 169 Å². The smallest absolute Gasteiger partial charge is 0.235 e. The van der Waals surface area contributed by atoms with Gasteiger partial charge in [-0.25, -0.2) is 0 Å². The molecule has 29 heavy (non-hydrogen) atoms. The van der Waals surface area contributed by atoms with E-state index in [0.29, 0.717) is 16.5 Å². The first-order chi connectivity index (χ1) is 14.3. The van der Waals surface area contributed by atoms with Crippen LogP contribution < -0.4 is 9.47 Å². The van der Waals surface area contributed by atoms with Gasteiger partial charge in [-0.05, 0) is 18.2 Å². The van der Waals surface area contributed by atoms with Crippen LogP contribution >= 0.6 is 11.3 Å². The highest BCUT2D eigenvalue weighted by molar-refractivity contribution is 7.19. The third-order valence-electron chi connectivity index (χ3n) is 4.52. The van der Waals surface area contributed by atoms with E-state index in [0.717, 1.165) is 33.3 Å². The molecule has 3 heterocycles. The van der Waals surface area contributed by atoms with Gasteiger partial charge in [-0.3, -0.25) is 5.10 Å². The normalized spacial score (nSPS) is 11.1. The summed E-state index contributed by atoms with van der Waals surface area (Å²) in [6.07, 6.45) is 0. The summed E-state index contributed by atoms with van der Waals surface area (Å²) in [6.45, 7) is 0. The first kappa shape index (κ1) is 17.4. The van der Waals surface area contributed by atoms with E-state index in [-0.39, 0.29) is 0 Å². The third-order valence-corrected chi connectivity index (χ3v) is 5.45. The van der Waals surface area contributed by atoms with Crippen LogP contribution in [0.3, 0.4) is 0 Å². The van der Waals surface area contributed by atoms with Crippen LogP contribution in [0.25, 0.3) is 38.3 Å². The van der Waals surface area contributed by atoms with Crippen molar-refractivity contribution >= 4 is 16.3 Å². The number of methoxy groups -OCH3 is 2. The first-order valence-corrected chi connectivity index (χ1v) is 9.64. The van der Waals surface area contributed by atoms with Gasteiger partial charge in [0, 0.05) is 11.6 Å². The van der Waals surface area contributed by atoms with Gasteiger partial charge in [0.05, 0.1) is 25.5 Å². The van der Waals surface area contributed by atoms with E-state index in [4.69, 9.17) is 14.6 Å². The van der Waals surface area contributed by atoms with Gasteiger partial charge >= 0.3 is 0 Å². The molecule has 0 aliphatic heterocycles. The molecule has 3 aromatic heterocycles. The molecule has 0 aliphatic carbocycles. The molecule has 5 aromatic rings. The van der Waals surface area contributed by atoms with Gasteiger partial charge in [0.25, 0.3) is 0 Å². The molecule has 0 radical (unpaired) electrons. The zero-order chi connectivity index (χ0) is 19.8. The number of rotatable bonds is 5. The molecule has 5 rings (SSSR count). The number of nitrogens with one attached hydrogen (secondary N) is 1. The van der Waals surface area contributed by atoms with Gasteiger partial charge in [0.2, 0.25) is 10.8 Å². The third kappa shape index (κ3) is 3.01. The molecule has 0 unspecified atom stereocenters. The summed E-state index contributed by atoms with van der Waals surface area (Å²) in [5.41, 5.74) is 3.47. The van der Waals surface area contributed by atoms with E-state index in [1.54, 1.807) is 18.7 Å². The van der Waals surface area contributed by atoms with Crippen molar-refractivity contribution in [2.24, 2.45) is 0 Å². The number of aromatic nitrogens is 6. The molecule has 0 saturated carbocycles. The van der Waals surface area contributed by atoms with Crippen LogP contribution in [0.1, 0.15) is 0 Å². The SMILES string of the molecule is COc1ccc(-c2nn3c(-c4cc(-c5ccccc5)n[nH]4)nnc3s2)c(OC)c1. The van der Waals surface area contributed by atoms with E-state index in [1.165, 1.54) is 11.3 Å². The Hall–Kier alpha value is -3.72. The van der Waals surface area contributed by atoms with Crippen LogP contribution in [0.15, 0.2) is 54.6 Å². The molecule has 0 saturated heterocycles. The second-order valence-corrected chi connectivity index (χ2v) is 7.18. The number of benzene rings is 2. The van der Waals surface area contributed by atoms with Gasteiger partial charge < -0.3 is 9.47 Å². The fourth-order valence-electron chi connectivity index (χ4n) is 3.06. The first-order valence-electron chi connectivity index (χ1n) is 8.82. The zero-order valence-electron chi connectivity index (χ0n) is 15.7. The Morgan fingerprint density at radius 3 is 2.62 bits per heavy atom. The van der Waals surface area contributed by atoms with Gasteiger partial charge in [0.1, 0.15) is 17.2 Å². The Bertz CT molecular complexity index is 1290. The van der Waals surface area contributed by atoms with Crippen LogP contribution in [-0.4, -0.2) is 44.2 Å². The summed E-state index contributed by atoms with van der Waals surface area (Å²) in [5, 5.41) is 21.5. The summed E-state index contributed by atoms with van der Waals surface area (Å²) in [4.78, 5) is 0.684.